The van der Waals surface area contributed by atoms with E-state index < -0.39 is 0 Å². The molecule has 0 aliphatic carbocycles. The predicted octanol–water partition coefficient (Wildman–Crippen LogP) is 2.64. The minimum atomic E-state index is 0.498. The largest absolute Gasteiger partial charge is 0.378 e. The van der Waals surface area contributed by atoms with Gasteiger partial charge in [-0.15, -0.1) is 0 Å². The van der Waals surface area contributed by atoms with E-state index in [0.29, 0.717) is 17.4 Å². The summed E-state index contributed by atoms with van der Waals surface area (Å²) in [4.78, 5) is 11.0. The van der Waals surface area contributed by atoms with Crippen molar-refractivity contribution in [2.24, 2.45) is 0 Å². The van der Waals surface area contributed by atoms with Gasteiger partial charge in [0.25, 0.3) is 5.89 Å². The number of rotatable bonds is 3. The zero-order chi connectivity index (χ0) is 15.5. The van der Waals surface area contributed by atoms with Crippen molar-refractivity contribution >= 4 is 5.69 Å². The molecule has 6 heteroatoms. The summed E-state index contributed by atoms with van der Waals surface area (Å²) >= 11 is 0. The fourth-order valence-corrected chi connectivity index (χ4v) is 2.67. The molecule has 0 saturated carbocycles. The molecule has 1 aliphatic heterocycles. The van der Waals surface area contributed by atoms with Gasteiger partial charge in [-0.2, -0.15) is 4.98 Å². The molecule has 116 valence electrons. The third kappa shape index (κ3) is 2.80. The summed E-state index contributed by atoms with van der Waals surface area (Å²) in [6.07, 6.45) is 1.72. The normalized spacial score (nSPS) is 14.9. The molecule has 1 saturated heterocycles. The molecule has 23 heavy (non-hydrogen) atoms. The molecule has 3 aromatic rings. The van der Waals surface area contributed by atoms with Crippen LogP contribution in [0.2, 0.25) is 0 Å². The summed E-state index contributed by atoms with van der Waals surface area (Å²) in [5.41, 5.74) is 2.72. The summed E-state index contributed by atoms with van der Waals surface area (Å²) in [6, 6.07) is 13.7. The molecule has 0 bridgehead atoms. The average Bonchev–Trinajstić information content (AvgIpc) is 3.13. The van der Waals surface area contributed by atoms with Crippen molar-refractivity contribution in [2.75, 3.05) is 31.2 Å². The lowest BCUT2D eigenvalue weighted by molar-refractivity contribution is 0.122. The quantitative estimate of drug-likeness (QED) is 0.741. The highest BCUT2D eigenvalue weighted by molar-refractivity contribution is 5.74. The first-order chi connectivity index (χ1) is 11.4. The summed E-state index contributed by atoms with van der Waals surface area (Å²) in [7, 11) is 0. The summed E-state index contributed by atoms with van der Waals surface area (Å²) in [6.45, 7) is 3.19. The Morgan fingerprint density at radius 3 is 2.61 bits per heavy atom. The number of nitrogens with zero attached hydrogens (tertiary/aromatic N) is 4. The lowest BCUT2D eigenvalue weighted by Gasteiger charge is -2.29. The Hall–Kier alpha value is -2.73. The Morgan fingerprint density at radius 2 is 1.78 bits per heavy atom. The maximum Gasteiger partial charge on any atom is 0.260 e. The molecule has 0 spiro atoms. The zero-order valence-corrected chi connectivity index (χ0v) is 12.6. The van der Waals surface area contributed by atoms with Crippen LogP contribution in [0.15, 0.2) is 53.2 Å². The van der Waals surface area contributed by atoms with Crippen LogP contribution in [0.4, 0.5) is 5.69 Å². The van der Waals surface area contributed by atoms with Crippen molar-refractivity contribution < 1.29 is 9.26 Å². The van der Waals surface area contributed by atoms with Crippen LogP contribution in [-0.4, -0.2) is 41.4 Å². The second-order valence-corrected chi connectivity index (χ2v) is 5.25. The van der Waals surface area contributed by atoms with Crippen LogP contribution in [0.5, 0.6) is 0 Å². The van der Waals surface area contributed by atoms with Crippen LogP contribution in [0, 0.1) is 0 Å². The first-order valence-electron chi connectivity index (χ1n) is 7.59. The van der Waals surface area contributed by atoms with E-state index in [4.69, 9.17) is 9.26 Å². The molecule has 1 aliphatic rings. The van der Waals surface area contributed by atoms with Gasteiger partial charge in [0.05, 0.1) is 18.8 Å². The van der Waals surface area contributed by atoms with Gasteiger partial charge in [0.2, 0.25) is 5.82 Å². The van der Waals surface area contributed by atoms with E-state index in [9.17, 15) is 0 Å². The van der Waals surface area contributed by atoms with Gasteiger partial charge < -0.3 is 14.2 Å². The Balaban J connectivity index is 1.70. The van der Waals surface area contributed by atoms with E-state index in [2.05, 4.69) is 26.1 Å². The van der Waals surface area contributed by atoms with E-state index in [0.717, 1.165) is 37.6 Å². The van der Waals surface area contributed by atoms with Crippen molar-refractivity contribution in [1.29, 1.82) is 0 Å². The number of pyridine rings is 1. The van der Waals surface area contributed by atoms with Crippen molar-refractivity contribution in [3.05, 3.63) is 48.7 Å². The number of hydrogen-bond acceptors (Lipinski definition) is 6. The third-order valence-electron chi connectivity index (χ3n) is 3.81. The first-order valence-corrected chi connectivity index (χ1v) is 7.59. The molecule has 0 unspecified atom stereocenters. The van der Waals surface area contributed by atoms with Crippen LogP contribution >= 0.6 is 0 Å². The second kappa shape index (κ2) is 6.18. The topological polar surface area (TPSA) is 64.3 Å². The van der Waals surface area contributed by atoms with E-state index in [-0.39, 0.29) is 0 Å². The molecular formula is C17H16N4O2. The molecule has 0 radical (unpaired) electrons. The fraction of sp³-hybridized carbons (Fsp3) is 0.235. The molecule has 0 N–H and O–H groups in total. The molecule has 6 nitrogen and oxygen atoms in total. The van der Waals surface area contributed by atoms with Crippen molar-refractivity contribution in [2.45, 2.75) is 0 Å². The Labute approximate surface area is 133 Å². The standard InChI is InChI=1S/C17H16N4O2/c1-2-7-15(21-9-11-22-12-10-21)13(5-1)17-19-16(20-23-17)14-6-3-4-8-18-14/h1-8H,9-12H2. The Morgan fingerprint density at radius 1 is 0.957 bits per heavy atom. The summed E-state index contributed by atoms with van der Waals surface area (Å²) in [5, 5.41) is 4.06. The number of para-hydroxylation sites is 1. The van der Waals surface area contributed by atoms with Gasteiger partial charge in [0.15, 0.2) is 0 Å². The van der Waals surface area contributed by atoms with Gasteiger partial charge in [-0.25, -0.2) is 0 Å². The smallest absolute Gasteiger partial charge is 0.260 e. The number of morpholine rings is 1. The first kappa shape index (κ1) is 13.9. The van der Waals surface area contributed by atoms with E-state index in [1.54, 1.807) is 6.20 Å². The van der Waals surface area contributed by atoms with Gasteiger partial charge in [0.1, 0.15) is 5.69 Å². The maximum atomic E-state index is 5.48. The molecule has 1 fully saturated rings. The van der Waals surface area contributed by atoms with Crippen LogP contribution in [0.3, 0.4) is 0 Å². The van der Waals surface area contributed by atoms with E-state index in [1.165, 1.54) is 0 Å². The molecule has 0 atom stereocenters. The fourth-order valence-electron chi connectivity index (χ4n) is 2.67. The summed E-state index contributed by atoms with van der Waals surface area (Å²) < 4.78 is 10.9. The minimum Gasteiger partial charge on any atom is -0.378 e. The lowest BCUT2D eigenvalue weighted by Crippen LogP contribution is -2.36. The molecule has 3 heterocycles. The summed E-state index contributed by atoms with van der Waals surface area (Å²) in [5.74, 6) is 1.00. The van der Waals surface area contributed by atoms with E-state index in [1.807, 2.05) is 36.4 Å². The zero-order valence-electron chi connectivity index (χ0n) is 12.6. The minimum absolute atomic E-state index is 0.498. The molecule has 4 rings (SSSR count). The number of aromatic nitrogens is 3. The van der Waals surface area contributed by atoms with E-state index >= 15 is 0 Å². The van der Waals surface area contributed by atoms with Crippen molar-refractivity contribution in [1.82, 2.24) is 15.1 Å². The van der Waals surface area contributed by atoms with Crippen molar-refractivity contribution in [3.63, 3.8) is 0 Å². The number of hydrogen-bond donors (Lipinski definition) is 0. The van der Waals surface area contributed by atoms with Crippen LogP contribution in [-0.2, 0) is 4.74 Å². The highest BCUT2D eigenvalue weighted by atomic mass is 16.5. The SMILES string of the molecule is c1ccc(-c2noc(-c3ccccc3N3CCOCC3)n2)nc1. The lowest BCUT2D eigenvalue weighted by atomic mass is 10.1. The Bertz CT molecular complexity index is 782. The average molecular weight is 308 g/mol. The molecule has 0 amide bonds. The van der Waals surface area contributed by atoms with Gasteiger partial charge >= 0.3 is 0 Å². The van der Waals surface area contributed by atoms with Gasteiger partial charge in [0, 0.05) is 25.0 Å². The maximum absolute atomic E-state index is 5.48. The third-order valence-corrected chi connectivity index (χ3v) is 3.81. The Kier molecular flexibility index (Phi) is 3.73. The highest BCUT2D eigenvalue weighted by Crippen LogP contribution is 2.31. The number of benzene rings is 1. The van der Waals surface area contributed by atoms with Gasteiger partial charge in [-0.3, -0.25) is 4.98 Å². The van der Waals surface area contributed by atoms with Crippen molar-refractivity contribution in [3.8, 4) is 23.0 Å². The van der Waals surface area contributed by atoms with Crippen LogP contribution in [0.1, 0.15) is 0 Å². The molecule has 1 aromatic carbocycles. The van der Waals surface area contributed by atoms with Crippen LogP contribution in [0.25, 0.3) is 23.0 Å². The van der Waals surface area contributed by atoms with Crippen LogP contribution < -0.4 is 4.90 Å². The highest BCUT2D eigenvalue weighted by Gasteiger charge is 2.19. The second-order valence-electron chi connectivity index (χ2n) is 5.25. The van der Waals surface area contributed by atoms with Gasteiger partial charge in [-0.05, 0) is 24.3 Å². The molecular weight excluding hydrogens is 292 g/mol. The molecule has 2 aromatic heterocycles. The number of anilines is 1. The predicted molar refractivity (Wildman–Crippen MR) is 86.0 cm³/mol. The monoisotopic (exact) mass is 308 g/mol. The number of ether oxygens (including phenoxy) is 1. The van der Waals surface area contributed by atoms with Gasteiger partial charge in [-0.1, -0.05) is 23.4 Å².